The second-order valence-electron chi connectivity index (χ2n) is 4.33. The number of carbonyl (C=O) groups excluding carboxylic acids is 1. The van der Waals surface area contributed by atoms with Crippen molar-refractivity contribution < 1.29 is 13.7 Å². The largest absolute Gasteiger partial charge is 0.355 e. The van der Waals surface area contributed by atoms with E-state index < -0.39 is 5.91 Å². The van der Waals surface area contributed by atoms with Crippen LogP contribution in [0.3, 0.4) is 0 Å². The molecule has 0 bridgehead atoms. The highest BCUT2D eigenvalue weighted by Crippen LogP contribution is 2.23. The summed E-state index contributed by atoms with van der Waals surface area (Å²) in [7, 11) is 0. The number of benzene rings is 1. The molecule has 106 valence electrons. The molecule has 3 aromatic rings. The topological polar surface area (TPSA) is 68.0 Å². The van der Waals surface area contributed by atoms with Gasteiger partial charge in [0.15, 0.2) is 16.6 Å². The minimum atomic E-state index is -0.424. The van der Waals surface area contributed by atoms with Crippen molar-refractivity contribution in [2.45, 2.75) is 6.92 Å². The molecule has 0 fully saturated rings. The van der Waals surface area contributed by atoms with Gasteiger partial charge in [-0.2, -0.15) is 0 Å². The molecule has 0 spiro atoms. The molecule has 0 radical (unpaired) electrons. The predicted molar refractivity (Wildman–Crippen MR) is 76.7 cm³/mol. The standard InChI is InChI=1S/C14H10FN3O2S/c1-8-2-3-9(6-10(8)15)12-7-11(18-20-12)13(19)17-14-16-4-5-21-14/h2-7H,1H3,(H,16,17,19). The van der Waals surface area contributed by atoms with Crippen LogP contribution in [-0.4, -0.2) is 16.0 Å². The Hall–Kier alpha value is -2.54. The van der Waals surface area contributed by atoms with E-state index in [9.17, 15) is 9.18 Å². The van der Waals surface area contributed by atoms with Crippen molar-refractivity contribution in [1.29, 1.82) is 0 Å². The summed E-state index contributed by atoms with van der Waals surface area (Å²) in [6, 6.07) is 6.16. The van der Waals surface area contributed by atoms with Crippen molar-refractivity contribution in [3.8, 4) is 11.3 Å². The van der Waals surface area contributed by atoms with Crippen molar-refractivity contribution >= 4 is 22.4 Å². The molecule has 0 aliphatic carbocycles. The van der Waals surface area contributed by atoms with Crippen LogP contribution in [0.15, 0.2) is 40.4 Å². The van der Waals surface area contributed by atoms with Gasteiger partial charge in [-0.05, 0) is 18.6 Å². The molecule has 0 aliphatic heterocycles. The number of carbonyl (C=O) groups is 1. The summed E-state index contributed by atoms with van der Waals surface area (Å²) in [6.07, 6.45) is 1.59. The van der Waals surface area contributed by atoms with Crippen LogP contribution in [0.1, 0.15) is 16.1 Å². The molecule has 1 amide bonds. The fourth-order valence-electron chi connectivity index (χ4n) is 1.71. The average molecular weight is 303 g/mol. The van der Waals surface area contributed by atoms with Crippen LogP contribution >= 0.6 is 11.3 Å². The van der Waals surface area contributed by atoms with Crippen LogP contribution in [-0.2, 0) is 0 Å². The first kappa shape index (κ1) is 13.4. The number of aryl methyl sites for hydroxylation is 1. The maximum atomic E-state index is 13.5. The number of nitrogens with one attached hydrogen (secondary N) is 1. The minimum Gasteiger partial charge on any atom is -0.355 e. The summed E-state index contributed by atoms with van der Waals surface area (Å²) in [5.74, 6) is -0.427. The molecule has 0 saturated heterocycles. The van der Waals surface area contributed by atoms with E-state index in [2.05, 4.69) is 15.5 Å². The molecule has 5 nitrogen and oxygen atoms in total. The third kappa shape index (κ3) is 2.82. The van der Waals surface area contributed by atoms with Crippen LogP contribution in [0.25, 0.3) is 11.3 Å². The number of hydrogen-bond acceptors (Lipinski definition) is 5. The molecule has 2 aromatic heterocycles. The molecule has 7 heteroatoms. The van der Waals surface area contributed by atoms with Gasteiger partial charge in [-0.15, -0.1) is 11.3 Å². The molecular weight excluding hydrogens is 293 g/mol. The van der Waals surface area contributed by atoms with E-state index >= 15 is 0 Å². The normalized spacial score (nSPS) is 10.6. The summed E-state index contributed by atoms with van der Waals surface area (Å²) >= 11 is 1.30. The van der Waals surface area contributed by atoms with E-state index in [1.807, 2.05) is 0 Å². The first-order valence-corrected chi connectivity index (χ1v) is 6.95. The highest BCUT2D eigenvalue weighted by atomic mass is 32.1. The number of nitrogens with zero attached hydrogens (tertiary/aromatic N) is 2. The van der Waals surface area contributed by atoms with Gasteiger partial charge >= 0.3 is 0 Å². The molecule has 2 heterocycles. The Kier molecular flexibility index (Phi) is 3.49. The Morgan fingerprint density at radius 3 is 2.95 bits per heavy atom. The summed E-state index contributed by atoms with van der Waals surface area (Å²) in [5, 5.41) is 8.51. The molecule has 0 atom stereocenters. The van der Waals surface area contributed by atoms with E-state index in [0.29, 0.717) is 22.0 Å². The maximum absolute atomic E-state index is 13.5. The first-order valence-electron chi connectivity index (χ1n) is 6.07. The quantitative estimate of drug-likeness (QED) is 0.804. The van der Waals surface area contributed by atoms with Gasteiger partial charge in [0.05, 0.1) is 0 Å². The van der Waals surface area contributed by atoms with E-state index in [1.54, 1.807) is 30.6 Å². The zero-order valence-electron chi connectivity index (χ0n) is 11.0. The van der Waals surface area contributed by atoms with Gasteiger partial charge in [0, 0.05) is 23.2 Å². The average Bonchev–Trinajstić information content (AvgIpc) is 3.12. The lowest BCUT2D eigenvalue weighted by Gasteiger charge is -1.98. The third-order valence-electron chi connectivity index (χ3n) is 2.85. The number of rotatable bonds is 3. The van der Waals surface area contributed by atoms with Gasteiger partial charge in [-0.1, -0.05) is 17.3 Å². The summed E-state index contributed by atoms with van der Waals surface area (Å²) in [6.45, 7) is 1.67. The fraction of sp³-hybridized carbons (Fsp3) is 0.0714. The second-order valence-corrected chi connectivity index (χ2v) is 5.23. The highest BCUT2D eigenvalue weighted by molar-refractivity contribution is 7.13. The zero-order chi connectivity index (χ0) is 14.8. The number of hydrogen-bond donors (Lipinski definition) is 1. The van der Waals surface area contributed by atoms with Crippen molar-refractivity contribution in [1.82, 2.24) is 10.1 Å². The van der Waals surface area contributed by atoms with Crippen LogP contribution in [0.4, 0.5) is 9.52 Å². The van der Waals surface area contributed by atoms with E-state index in [4.69, 9.17) is 4.52 Å². The van der Waals surface area contributed by atoms with Gasteiger partial charge in [0.2, 0.25) is 0 Å². The van der Waals surface area contributed by atoms with Crippen LogP contribution in [0, 0.1) is 12.7 Å². The van der Waals surface area contributed by atoms with Gasteiger partial charge in [0.25, 0.3) is 5.91 Å². The first-order chi connectivity index (χ1) is 10.1. The summed E-state index contributed by atoms with van der Waals surface area (Å²) < 4.78 is 18.6. The number of halogens is 1. The van der Waals surface area contributed by atoms with E-state index in [0.717, 1.165) is 0 Å². The molecule has 21 heavy (non-hydrogen) atoms. The van der Waals surface area contributed by atoms with Gasteiger partial charge in [-0.25, -0.2) is 9.37 Å². The molecule has 1 aromatic carbocycles. The van der Waals surface area contributed by atoms with Crippen molar-refractivity contribution in [3.05, 3.63) is 52.9 Å². The monoisotopic (exact) mass is 303 g/mol. The summed E-state index contributed by atoms with van der Waals surface area (Å²) in [4.78, 5) is 15.9. The molecule has 0 saturated carbocycles. The predicted octanol–water partition coefficient (Wildman–Crippen LogP) is 3.50. The number of thiazole rings is 1. The number of anilines is 1. The second kappa shape index (κ2) is 5.45. The van der Waals surface area contributed by atoms with Crippen molar-refractivity contribution in [2.24, 2.45) is 0 Å². The third-order valence-corrected chi connectivity index (χ3v) is 3.54. The Bertz CT molecular complexity index is 783. The zero-order valence-corrected chi connectivity index (χ0v) is 11.8. The lowest BCUT2D eigenvalue weighted by molar-refractivity contribution is 0.101. The summed E-state index contributed by atoms with van der Waals surface area (Å²) in [5.41, 5.74) is 1.18. The molecule has 0 aliphatic rings. The lowest BCUT2D eigenvalue weighted by atomic mass is 10.1. The smallest absolute Gasteiger partial charge is 0.279 e. The number of aromatic nitrogens is 2. The molecule has 3 rings (SSSR count). The van der Waals surface area contributed by atoms with E-state index in [-0.39, 0.29) is 11.5 Å². The lowest BCUT2D eigenvalue weighted by Crippen LogP contribution is -2.11. The number of amides is 1. The Balaban J connectivity index is 1.82. The van der Waals surface area contributed by atoms with Crippen LogP contribution in [0.2, 0.25) is 0 Å². The molecular formula is C14H10FN3O2S. The molecule has 1 N–H and O–H groups in total. The molecule has 0 unspecified atom stereocenters. The van der Waals surface area contributed by atoms with Crippen LogP contribution < -0.4 is 5.32 Å². The SMILES string of the molecule is Cc1ccc(-c2cc(C(=O)Nc3nccs3)no2)cc1F. The van der Waals surface area contributed by atoms with E-state index in [1.165, 1.54) is 23.5 Å². The van der Waals surface area contributed by atoms with Crippen LogP contribution in [0.5, 0.6) is 0 Å². The fourth-order valence-corrected chi connectivity index (χ4v) is 2.23. The maximum Gasteiger partial charge on any atom is 0.279 e. The Morgan fingerprint density at radius 2 is 2.24 bits per heavy atom. The van der Waals surface area contributed by atoms with Crippen molar-refractivity contribution in [3.63, 3.8) is 0 Å². The van der Waals surface area contributed by atoms with Gasteiger partial charge in [-0.3, -0.25) is 10.1 Å². The minimum absolute atomic E-state index is 0.112. The van der Waals surface area contributed by atoms with Crippen molar-refractivity contribution in [2.75, 3.05) is 5.32 Å². The Morgan fingerprint density at radius 1 is 1.38 bits per heavy atom. The Labute approximate surface area is 123 Å². The van der Waals surface area contributed by atoms with Gasteiger partial charge < -0.3 is 4.52 Å². The highest BCUT2D eigenvalue weighted by Gasteiger charge is 2.15. The van der Waals surface area contributed by atoms with Gasteiger partial charge in [0.1, 0.15) is 5.82 Å².